The van der Waals surface area contributed by atoms with Gasteiger partial charge in [0.05, 0.1) is 10.6 Å². The number of benzene rings is 2. The summed E-state index contributed by atoms with van der Waals surface area (Å²) >= 11 is 0.907. The Bertz CT molecular complexity index is 935. The number of thioether (sulfide) groups is 1. The molecule has 0 radical (unpaired) electrons. The molecule has 1 heterocycles. The van der Waals surface area contributed by atoms with Crippen LogP contribution in [0.25, 0.3) is 5.57 Å². The molecular formula is C19H17N3O3S. The van der Waals surface area contributed by atoms with Gasteiger partial charge >= 0.3 is 0 Å². The maximum absolute atomic E-state index is 12.8. The van der Waals surface area contributed by atoms with E-state index in [1.54, 1.807) is 49.4 Å². The number of imide groups is 1. The monoisotopic (exact) mass is 367 g/mol. The Kier molecular flexibility index (Phi) is 4.81. The van der Waals surface area contributed by atoms with Crippen LogP contribution in [0.3, 0.4) is 0 Å². The lowest BCUT2D eigenvalue weighted by Gasteiger charge is -2.13. The second kappa shape index (κ2) is 7.05. The molecule has 26 heavy (non-hydrogen) atoms. The Labute approximate surface area is 155 Å². The molecule has 132 valence electrons. The molecule has 2 aromatic rings. The number of amides is 3. The van der Waals surface area contributed by atoms with Gasteiger partial charge in [0.15, 0.2) is 0 Å². The number of nitrogens with one attached hydrogen (secondary N) is 1. The molecule has 0 spiro atoms. The highest BCUT2D eigenvalue weighted by atomic mass is 32.2. The third-order valence-electron chi connectivity index (χ3n) is 3.88. The zero-order chi connectivity index (χ0) is 18.8. The fraction of sp³-hybridized carbons (Fsp3) is 0.105. The first-order valence-corrected chi connectivity index (χ1v) is 8.69. The number of hydrogen-bond acceptors (Lipinski definition) is 5. The van der Waals surface area contributed by atoms with Crippen molar-refractivity contribution >= 4 is 51.5 Å². The second-order valence-electron chi connectivity index (χ2n) is 5.82. The number of anilines is 3. The standard InChI is InChI=1S/C19H17N3O3S/c1-11(13-4-3-5-14(20)10-13)17-18(24)22(19(25)26-17)16-8-6-15(7-9-16)21-12(2)23/h3-10H,20H2,1-2H3,(H,21,23)/b17-11-. The molecule has 0 bridgehead atoms. The van der Waals surface area contributed by atoms with Gasteiger partial charge in [-0.15, -0.1) is 0 Å². The molecule has 0 atom stereocenters. The van der Waals surface area contributed by atoms with Crippen LogP contribution >= 0.6 is 11.8 Å². The van der Waals surface area contributed by atoms with Crippen LogP contribution in [0, 0.1) is 0 Å². The predicted octanol–water partition coefficient (Wildman–Crippen LogP) is 3.86. The number of rotatable bonds is 3. The number of nitrogen functional groups attached to an aromatic ring is 1. The molecule has 6 nitrogen and oxygen atoms in total. The Morgan fingerprint density at radius 2 is 1.77 bits per heavy atom. The predicted molar refractivity (Wildman–Crippen MR) is 105 cm³/mol. The van der Waals surface area contributed by atoms with E-state index in [1.807, 2.05) is 6.07 Å². The highest BCUT2D eigenvalue weighted by Crippen LogP contribution is 2.39. The minimum atomic E-state index is -0.368. The van der Waals surface area contributed by atoms with E-state index in [-0.39, 0.29) is 17.1 Å². The molecule has 1 fully saturated rings. The minimum absolute atomic E-state index is 0.190. The highest BCUT2D eigenvalue weighted by molar-refractivity contribution is 8.19. The second-order valence-corrected chi connectivity index (χ2v) is 6.78. The molecule has 1 saturated heterocycles. The third kappa shape index (κ3) is 3.48. The van der Waals surface area contributed by atoms with E-state index in [1.165, 1.54) is 6.92 Å². The summed E-state index contributed by atoms with van der Waals surface area (Å²) in [5.41, 5.74) is 8.96. The van der Waals surface area contributed by atoms with Crippen LogP contribution in [0.15, 0.2) is 53.4 Å². The van der Waals surface area contributed by atoms with Crippen LogP contribution in [-0.2, 0) is 9.59 Å². The quantitative estimate of drug-likeness (QED) is 0.635. The first kappa shape index (κ1) is 17.8. The van der Waals surface area contributed by atoms with Gasteiger partial charge in [0.1, 0.15) is 0 Å². The van der Waals surface area contributed by atoms with E-state index in [0.29, 0.717) is 27.5 Å². The summed E-state index contributed by atoms with van der Waals surface area (Å²) in [5, 5.41) is 2.28. The largest absolute Gasteiger partial charge is 0.399 e. The SMILES string of the molecule is CC(=O)Nc1ccc(N2C(=O)S/C(=C(/C)c3cccc(N)c3)C2=O)cc1. The van der Waals surface area contributed by atoms with Gasteiger partial charge in [-0.25, -0.2) is 4.90 Å². The van der Waals surface area contributed by atoms with Crippen LogP contribution in [0.4, 0.5) is 21.9 Å². The Balaban J connectivity index is 1.91. The van der Waals surface area contributed by atoms with Crippen molar-refractivity contribution in [2.24, 2.45) is 0 Å². The summed E-state index contributed by atoms with van der Waals surface area (Å²) in [5.74, 6) is -0.559. The lowest BCUT2D eigenvalue weighted by Crippen LogP contribution is -2.27. The fourth-order valence-electron chi connectivity index (χ4n) is 2.62. The van der Waals surface area contributed by atoms with Gasteiger partial charge < -0.3 is 11.1 Å². The van der Waals surface area contributed by atoms with Crippen molar-refractivity contribution in [3.05, 3.63) is 59.0 Å². The molecule has 2 aromatic carbocycles. The van der Waals surface area contributed by atoms with Crippen LogP contribution < -0.4 is 16.0 Å². The average Bonchev–Trinajstić information content (AvgIpc) is 2.89. The Morgan fingerprint density at radius 1 is 1.08 bits per heavy atom. The van der Waals surface area contributed by atoms with E-state index in [2.05, 4.69) is 5.32 Å². The fourth-order valence-corrected chi connectivity index (χ4v) is 3.52. The third-order valence-corrected chi connectivity index (χ3v) is 4.92. The highest BCUT2D eigenvalue weighted by Gasteiger charge is 2.37. The molecule has 0 saturated carbocycles. The number of nitrogens with two attached hydrogens (primary N) is 1. The summed E-state index contributed by atoms with van der Waals surface area (Å²) in [6, 6.07) is 13.7. The van der Waals surface area contributed by atoms with E-state index < -0.39 is 0 Å². The van der Waals surface area contributed by atoms with Gasteiger partial charge in [0.2, 0.25) is 5.91 Å². The Hall–Kier alpha value is -3.06. The van der Waals surface area contributed by atoms with Crippen LogP contribution in [0.5, 0.6) is 0 Å². The number of carbonyl (C=O) groups is 3. The Morgan fingerprint density at radius 3 is 2.38 bits per heavy atom. The van der Waals surface area contributed by atoms with Crippen molar-refractivity contribution in [3.63, 3.8) is 0 Å². The molecule has 3 rings (SSSR count). The number of carbonyl (C=O) groups excluding carboxylic acids is 3. The molecule has 1 aliphatic heterocycles. The number of nitrogens with zero attached hydrogens (tertiary/aromatic N) is 1. The molecule has 3 N–H and O–H groups in total. The zero-order valence-corrected chi connectivity index (χ0v) is 15.1. The normalized spacial score (nSPS) is 16.0. The van der Waals surface area contributed by atoms with Crippen molar-refractivity contribution in [2.75, 3.05) is 16.0 Å². The lowest BCUT2D eigenvalue weighted by molar-refractivity contribution is -0.114. The van der Waals surface area contributed by atoms with Crippen molar-refractivity contribution in [3.8, 4) is 0 Å². The first-order valence-electron chi connectivity index (χ1n) is 7.87. The van der Waals surface area contributed by atoms with Gasteiger partial charge in [-0.3, -0.25) is 14.4 Å². The van der Waals surface area contributed by atoms with Gasteiger partial charge in [-0.1, -0.05) is 12.1 Å². The first-order chi connectivity index (χ1) is 12.4. The van der Waals surface area contributed by atoms with Crippen LogP contribution in [-0.4, -0.2) is 17.1 Å². The number of allylic oxidation sites excluding steroid dienone is 1. The summed E-state index contributed by atoms with van der Waals surface area (Å²) in [7, 11) is 0. The zero-order valence-electron chi connectivity index (χ0n) is 14.3. The van der Waals surface area contributed by atoms with E-state index >= 15 is 0 Å². The molecule has 0 aliphatic carbocycles. The summed E-state index contributed by atoms with van der Waals surface area (Å²) in [6.07, 6.45) is 0. The molecule has 0 unspecified atom stereocenters. The van der Waals surface area contributed by atoms with Gasteiger partial charge in [-0.05, 0) is 66.2 Å². The summed E-state index contributed by atoms with van der Waals surface area (Å²) in [6.45, 7) is 3.21. The van der Waals surface area contributed by atoms with Crippen molar-refractivity contribution < 1.29 is 14.4 Å². The van der Waals surface area contributed by atoms with Gasteiger partial charge in [-0.2, -0.15) is 0 Å². The average molecular weight is 367 g/mol. The summed E-state index contributed by atoms with van der Waals surface area (Å²) in [4.78, 5) is 37.8. The molecule has 1 aliphatic rings. The van der Waals surface area contributed by atoms with Gasteiger partial charge in [0.25, 0.3) is 11.1 Å². The van der Waals surface area contributed by atoms with Crippen LogP contribution in [0.2, 0.25) is 0 Å². The van der Waals surface area contributed by atoms with E-state index in [4.69, 9.17) is 5.73 Å². The molecular weight excluding hydrogens is 350 g/mol. The van der Waals surface area contributed by atoms with Gasteiger partial charge in [0, 0.05) is 18.3 Å². The number of hydrogen-bond donors (Lipinski definition) is 2. The van der Waals surface area contributed by atoms with Crippen molar-refractivity contribution in [1.82, 2.24) is 0 Å². The minimum Gasteiger partial charge on any atom is -0.399 e. The topological polar surface area (TPSA) is 92.5 Å². The van der Waals surface area contributed by atoms with Crippen LogP contribution in [0.1, 0.15) is 19.4 Å². The molecule has 7 heteroatoms. The van der Waals surface area contributed by atoms with E-state index in [0.717, 1.165) is 22.2 Å². The molecule has 3 amide bonds. The van der Waals surface area contributed by atoms with Crippen molar-refractivity contribution in [1.29, 1.82) is 0 Å². The van der Waals surface area contributed by atoms with E-state index in [9.17, 15) is 14.4 Å². The smallest absolute Gasteiger partial charge is 0.298 e. The van der Waals surface area contributed by atoms with Crippen molar-refractivity contribution in [2.45, 2.75) is 13.8 Å². The summed E-state index contributed by atoms with van der Waals surface area (Å²) < 4.78 is 0. The maximum atomic E-state index is 12.8. The maximum Gasteiger partial charge on any atom is 0.298 e. The molecule has 0 aromatic heterocycles. The lowest BCUT2D eigenvalue weighted by atomic mass is 10.1.